The minimum Gasteiger partial charge on any atom is -0.379 e. The topological polar surface area (TPSA) is 69.8 Å². The van der Waals surface area contributed by atoms with E-state index in [1.807, 2.05) is 45.0 Å². The van der Waals surface area contributed by atoms with Crippen molar-refractivity contribution in [1.82, 2.24) is 15.3 Å². The molecule has 2 aromatic rings. The lowest BCUT2D eigenvalue weighted by atomic mass is 10.1. The van der Waals surface area contributed by atoms with Crippen molar-refractivity contribution < 1.29 is 4.79 Å². The molecule has 0 fully saturated rings. The predicted octanol–water partition coefficient (Wildman–Crippen LogP) is 2.47. The first-order chi connectivity index (χ1) is 9.56. The number of nitrogens with zero attached hydrogens (tertiary/aromatic N) is 1. The molecule has 1 aromatic carbocycles. The first-order valence-corrected chi connectivity index (χ1v) is 6.70. The van der Waals surface area contributed by atoms with Gasteiger partial charge >= 0.3 is 0 Å². The summed E-state index contributed by atoms with van der Waals surface area (Å²) in [6.07, 6.45) is 1.68. The molecule has 0 radical (unpaired) electrons. The van der Waals surface area contributed by atoms with Gasteiger partial charge in [0, 0.05) is 23.0 Å². The van der Waals surface area contributed by atoms with E-state index in [0.29, 0.717) is 12.1 Å². The van der Waals surface area contributed by atoms with Gasteiger partial charge in [-0.15, -0.1) is 0 Å². The van der Waals surface area contributed by atoms with Gasteiger partial charge in [-0.05, 0) is 39.0 Å². The number of carbonyl (C=O) groups is 1. The SMILES string of the molecule is Cc1[nH]cnc1CNc1cccc(C(=O)NC(C)C)c1. The molecule has 3 N–H and O–H groups in total. The Morgan fingerprint density at radius 1 is 1.40 bits per heavy atom. The van der Waals surface area contributed by atoms with Gasteiger partial charge < -0.3 is 15.6 Å². The van der Waals surface area contributed by atoms with Crippen LogP contribution in [0.25, 0.3) is 0 Å². The van der Waals surface area contributed by atoms with Gasteiger partial charge in [-0.3, -0.25) is 4.79 Å². The van der Waals surface area contributed by atoms with Crippen molar-refractivity contribution >= 4 is 11.6 Å². The lowest BCUT2D eigenvalue weighted by Gasteiger charge is -2.10. The van der Waals surface area contributed by atoms with Gasteiger partial charge in [-0.2, -0.15) is 0 Å². The zero-order chi connectivity index (χ0) is 14.5. The van der Waals surface area contributed by atoms with Crippen LogP contribution in [-0.4, -0.2) is 21.9 Å². The van der Waals surface area contributed by atoms with Crippen molar-refractivity contribution in [2.75, 3.05) is 5.32 Å². The van der Waals surface area contributed by atoms with E-state index in [2.05, 4.69) is 20.6 Å². The summed E-state index contributed by atoms with van der Waals surface area (Å²) in [5.74, 6) is -0.0559. The molecule has 2 rings (SSSR count). The fraction of sp³-hybridized carbons (Fsp3) is 0.333. The smallest absolute Gasteiger partial charge is 0.251 e. The maximum atomic E-state index is 11.9. The van der Waals surface area contributed by atoms with Crippen LogP contribution in [0.5, 0.6) is 0 Å². The van der Waals surface area contributed by atoms with E-state index in [4.69, 9.17) is 0 Å². The molecule has 20 heavy (non-hydrogen) atoms. The average Bonchev–Trinajstić information content (AvgIpc) is 2.81. The highest BCUT2D eigenvalue weighted by molar-refractivity contribution is 5.95. The highest BCUT2D eigenvalue weighted by atomic mass is 16.1. The minimum absolute atomic E-state index is 0.0559. The van der Waals surface area contributed by atoms with Crippen LogP contribution in [0.3, 0.4) is 0 Å². The van der Waals surface area contributed by atoms with Crippen LogP contribution in [0, 0.1) is 6.92 Å². The maximum Gasteiger partial charge on any atom is 0.251 e. The lowest BCUT2D eigenvalue weighted by molar-refractivity contribution is 0.0943. The Balaban J connectivity index is 2.02. The first kappa shape index (κ1) is 14.1. The quantitative estimate of drug-likeness (QED) is 0.783. The number of rotatable bonds is 5. The average molecular weight is 272 g/mol. The lowest BCUT2D eigenvalue weighted by Crippen LogP contribution is -2.30. The third kappa shape index (κ3) is 3.60. The van der Waals surface area contributed by atoms with Crippen LogP contribution in [-0.2, 0) is 6.54 Å². The number of imidazole rings is 1. The Labute approximate surface area is 118 Å². The van der Waals surface area contributed by atoms with Gasteiger partial charge in [-0.1, -0.05) is 6.07 Å². The van der Waals surface area contributed by atoms with Gasteiger partial charge in [-0.25, -0.2) is 4.98 Å². The molecule has 1 amide bonds. The zero-order valence-electron chi connectivity index (χ0n) is 12.0. The molecule has 1 aromatic heterocycles. The normalized spacial score (nSPS) is 10.6. The van der Waals surface area contributed by atoms with E-state index in [0.717, 1.165) is 17.1 Å². The van der Waals surface area contributed by atoms with Gasteiger partial charge in [0.25, 0.3) is 5.91 Å². The first-order valence-electron chi connectivity index (χ1n) is 6.70. The van der Waals surface area contributed by atoms with Crippen molar-refractivity contribution in [1.29, 1.82) is 0 Å². The monoisotopic (exact) mass is 272 g/mol. The van der Waals surface area contributed by atoms with E-state index >= 15 is 0 Å². The standard InChI is InChI=1S/C15H20N4O/c1-10(2)19-15(20)12-5-4-6-13(7-12)16-8-14-11(3)17-9-18-14/h4-7,9-10,16H,8H2,1-3H3,(H,17,18)(H,19,20). The number of carbonyl (C=O) groups excluding carboxylic acids is 1. The molecule has 0 spiro atoms. The molecular formula is C15H20N4O. The van der Waals surface area contributed by atoms with Crippen LogP contribution < -0.4 is 10.6 Å². The van der Waals surface area contributed by atoms with Crippen molar-refractivity contribution in [2.45, 2.75) is 33.4 Å². The van der Waals surface area contributed by atoms with E-state index in [-0.39, 0.29) is 11.9 Å². The molecule has 0 saturated carbocycles. The Hall–Kier alpha value is -2.30. The van der Waals surface area contributed by atoms with Crippen LogP contribution >= 0.6 is 0 Å². The number of benzene rings is 1. The molecule has 0 unspecified atom stereocenters. The minimum atomic E-state index is -0.0559. The summed E-state index contributed by atoms with van der Waals surface area (Å²) in [5, 5.41) is 6.15. The van der Waals surface area contributed by atoms with Crippen molar-refractivity contribution in [3.63, 3.8) is 0 Å². The molecule has 5 nitrogen and oxygen atoms in total. The molecule has 1 heterocycles. The van der Waals surface area contributed by atoms with Gasteiger partial charge in [0.1, 0.15) is 0 Å². The molecule has 0 aliphatic carbocycles. The number of aromatic nitrogens is 2. The molecule has 0 aliphatic rings. The van der Waals surface area contributed by atoms with Gasteiger partial charge in [0.15, 0.2) is 0 Å². The van der Waals surface area contributed by atoms with Crippen LogP contribution in [0.4, 0.5) is 5.69 Å². The second-order valence-electron chi connectivity index (χ2n) is 5.04. The number of anilines is 1. The Kier molecular flexibility index (Phi) is 4.40. The number of nitrogens with one attached hydrogen (secondary N) is 3. The summed E-state index contributed by atoms with van der Waals surface area (Å²) in [7, 11) is 0. The summed E-state index contributed by atoms with van der Waals surface area (Å²) < 4.78 is 0. The van der Waals surface area contributed by atoms with Crippen LogP contribution in [0.1, 0.15) is 35.6 Å². The maximum absolute atomic E-state index is 11.9. The fourth-order valence-electron chi connectivity index (χ4n) is 1.87. The fourth-order valence-corrected chi connectivity index (χ4v) is 1.87. The molecule has 0 saturated heterocycles. The molecule has 0 bridgehead atoms. The van der Waals surface area contributed by atoms with Crippen molar-refractivity contribution in [2.24, 2.45) is 0 Å². The number of H-pyrrole nitrogens is 1. The summed E-state index contributed by atoms with van der Waals surface area (Å²) in [6.45, 7) is 6.50. The molecule has 5 heteroatoms. The summed E-state index contributed by atoms with van der Waals surface area (Å²) >= 11 is 0. The number of aromatic amines is 1. The summed E-state index contributed by atoms with van der Waals surface area (Å²) in [5.41, 5.74) is 3.58. The number of amides is 1. The third-order valence-corrected chi connectivity index (χ3v) is 2.94. The van der Waals surface area contributed by atoms with Crippen molar-refractivity contribution in [3.8, 4) is 0 Å². The van der Waals surface area contributed by atoms with Gasteiger partial charge in [0.2, 0.25) is 0 Å². The van der Waals surface area contributed by atoms with Crippen LogP contribution in [0.2, 0.25) is 0 Å². The number of hydrogen-bond acceptors (Lipinski definition) is 3. The van der Waals surface area contributed by atoms with E-state index in [9.17, 15) is 4.79 Å². The second-order valence-corrected chi connectivity index (χ2v) is 5.04. The van der Waals surface area contributed by atoms with E-state index < -0.39 is 0 Å². The van der Waals surface area contributed by atoms with Crippen molar-refractivity contribution in [3.05, 3.63) is 47.5 Å². The Bertz CT molecular complexity index is 589. The van der Waals surface area contributed by atoms with Gasteiger partial charge in [0.05, 0.1) is 18.6 Å². The summed E-state index contributed by atoms with van der Waals surface area (Å²) in [4.78, 5) is 19.2. The van der Waals surface area contributed by atoms with E-state index in [1.54, 1.807) is 6.33 Å². The number of aryl methyl sites for hydroxylation is 1. The summed E-state index contributed by atoms with van der Waals surface area (Å²) in [6, 6.07) is 7.59. The molecule has 106 valence electrons. The Morgan fingerprint density at radius 3 is 2.85 bits per heavy atom. The highest BCUT2D eigenvalue weighted by Crippen LogP contribution is 2.12. The highest BCUT2D eigenvalue weighted by Gasteiger charge is 2.07. The molecule has 0 aliphatic heterocycles. The molecular weight excluding hydrogens is 252 g/mol. The third-order valence-electron chi connectivity index (χ3n) is 2.94. The Morgan fingerprint density at radius 2 is 2.20 bits per heavy atom. The van der Waals surface area contributed by atoms with Crippen LogP contribution in [0.15, 0.2) is 30.6 Å². The predicted molar refractivity (Wildman–Crippen MR) is 79.7 cm³/mol. The largest absolute Gasteiger partial charge is 0.379 e. The number of hydrogen-bond donors (Lipinski definition) is 3. The second kappa shape index (κ2) is 6.23. The van der Waals surface area contributed by atoms with E-state index in [1.165, 1.54) is 0 Å². The zero-order valence-corrected chi connectivity index (χ0v) is 12.0. The molecule has 0 atom stereocenters.